The number of carbonyl (C=O) groups excluding carboxylic acids is 2. The summed E-state index contributed by atoms with van der Waals surface area (Å²) in [5.74, 6) is -0.752. The molecule has 100 valence electrons. The maximum Gasteiger partial charge on any atom is 0.334 e. The first-order valence-electron chi connectivity index (χ1n) is 5.85. The number of carbonyl (C=O) groups is 2. The highest BCUT2D eigenvalue weighted by molar-refractivity contribution is 5.87. The van der Waals surface area contributed by atoms with E-state index in [4.69, 9.17) is 4.74 Å². The van der Waals surface area contributed by atoms with E-state index in [1.165, 1.54) is 14.0 Å². The van der Waals surface area contributed by atoms with Gasteiger partial charge < -0.3 is 15.2 Å². The molecule has 0 heterocycles. The minimum Gasteiger partial charge on any atom is -0.467 e. The second kappa shape index (κ2) is 6.59. The Morgan fingerprint density at radius 3 is 2.24 bits per heavy atom. The lowest BCUT2D eigenvalue weighted by atomic mass is 9.84. The lowest BCUT2D eigenvalue weighted by molar-refractivity contribution is -0.157. The van der Waals surface area contributed by atoms with Crippen LogP contribution >= 0.6 is 0 Å². The summed E-state index contributed by atoms with van der Waals surface area (Å²) < 4.78 is 4.70. The number of rotatable bonds is 6. The molecule has 5 nitrogen and oxygen atoms in total. The molecule has 0 aliphatic carbocycles. The predicted octanol–water partition coefficient (Wildman–Crippen LogP) is 0.851. The van der Waals surface area contributed by atoms with E-state index in [1.807, 2.05) is 13.8 Å². The molecule has 0 bridgehead atoms. The van der Waals surface area contributed by atoms with Crippen molar-refractivity contribution in [1.82, 2.24) is 5.32 Å². The van der Waals surface area contributed by atoms with Crippen LogP contribution in [0.3, 0.4) is 0 Å². The van der Waals surface area contributed by atoms with Gasteiger partial charge in [0.15, 0.2) is 5.54 Å². The van der Waals surface area contributed by atoms with Crippen molar-refractivity contribution >= 4 is 11.9 Å². The van der Waals surface area contributed by atoms with Crippen LogP contribution in [0.2, 0.25) is 0 Å². The highest BCUT2D eigenvalue weighted by Crippen LogP contribution is 2.23. The molecule has 0 aromatic rings. The van der Waals surface area contributed by atoms with Crippen LogP contribution in [0.4, 0.5) is 0 Å². The van der Waals surface area contributed by atoms with Crippen molar-refractivity contribution in [2.45, 2.75) is 52.2 Å². The lowest BCUT2D eigenvalue weighted by Crippen LogP contribution is -2.62. The fourth-order valence-corrected chi connectivity index (χ4v) is 1.88. The van der Waals surface area contributed by atoms with Crippen molar-refractivity contribution in [3.8, 4) is 0 Å². The largest absolute Gasteiger partial charge is 0.467 e. The molecule has 0 fully saturated rings. The van der Waals surface area contributed by atoms with E-state index in [0.717, 1.165) is 0 Å². The minimum absolute atomic E-state index is 0.217. The number of nitrogens with one attached hydrogen (secondary N) is 1. The van der Waals surface area contributed by atoms with Gasteiger partial charge in [0.25, 0.3) is 0 Å². The number of hydrogen-bond donors (Lipinski definition) is 2. The Kier molecular flexibility index (Phi) is 6.16. The van der Waals surface area contributed by atoms with Gasteiger partial charge in [-0.15, -0.1) is 0 Å². The Balaban J connectivity index is 5.16. The van der Waals surface area contributed by atoms with Crippen molar-refractivity contribution in [3.63, 3.8) is 0 Å². The summed E-state index contributed by atoms with van der Waals surface area (Å²) >= 11 is 0. The summed E-state index contributed by atoms with van der Waals surface area (Å²) in [6, 6.07) is 0. The van der Waals surface area contributed by atoms with E-state index < -0.39 is 17.6 Å². The van der Waals surface area contributed by atoms with Gasteiger partial charge >= 0.3 is 5.97 Å². The van der Waals surface area contributed by atoms with Gasteiger partial charge in [-0.25, -0.2) is 4.79 Å². The maximum atomic E-state index is 11.8. The third-order valence-corrected chi connectivity index (χ3v) is 2.77. The van der Waals surface area contributed by atoms with Gasteiger partial charge in [-0.3, -0.25) is 4.79 Å². The van der Waals surface area contributed by atoms with E-state index in [9.17, 15) is 14.7 Å². The zero-order valence-electron chi connectivity index (χ0n) is 11.2. The van der Waals surface area contributed by atoms with E-state index in [2.05, 4.69) is 5.32 Å². The molecule has 0 saturated carbocycles. The van der Waals surface area contributed by atoms with Crippen LogP contribution in [-0.4, -0.2) is 35.7 Å². The second-order valence-corrected chi connectivity index (χ2v) is 4.64. The van der Waals surface area contributed by atoms with Crippen LogP contribution < -0.4 is 5.32 Å². The van der Waals surface area contributed by atoms with Crippen LogP contribution in [0.1, 0.15) is 40.5 Å². The predicted molar refractivity (Wildman–Crippen MR) is 64.3 cm³/mol. The standard InChI is InChI=1S/C12H23NO4/c1-6-12(11(16)17-5,13-9(4)14)10(15)7-8(2)3/h8,10,15H,6-7H2,1-5H3,(H,13,14)/t10-,12-/m0/s1. The maximum absolute atomic E-state index is 11.8. The average molecular weight is 245 g/mol. The fraction of sp³-hybridized carbons (Fsp3) is 0.833. The summed E-state index contributed by atoms with van der Waals surface area (Å²) in [7, 11) is 1.25. The van der Waals surface area contributed by atoms with Crippen LogP contribution in [0.15, 0.2) is 0 Å². The summed E-state index contributed by atoms with van der Waals surface area (Å²) in [6.45, 7) is 6.93. The van der Waals surface area contributed by atoms with Gasteiger partial charge in [-0.2, -0.15) is 0 Å². The first-order valence-corrected chi connectivity index (χ1v) is 5.85. The Labute approximate surface area is 103 Å². The lowest BCUT2D eigenvalue weighted by Gasteiger charge is -2.35. The molecule has 0 aliphatic heterocycles. The monoisotopic (exact) mass is 245 g/mol. The Bertz CT molecular complexity index is 278. The van der Waals surface area contributed by atoms with Gasteiger partial charge in [0.2, 0.25) is 5.91 Å². The van der Waals surface area contributed by atoms with Crippen molar-refractivity contribution in [2.24, 2.45) is 5.92 Å². The summed E-state index contributed by atoms with van der Waals surface area (Å²) in [4.78, 5) is 23.0. The SMILES string of the molecule is CC[C@@](NC(C)=O)(C(=O)OC)[C@@H](O)CC(C)C. The Morgan fingerprint density at radius 2 is 1.94 bits per heavy atom. The molecule has 5 heteroatoms. The topological polar surface area (TPSA) is 75.6 Å². The van der Waals surface area contributed by atoms with Gasteiger partial charge in [0.1, 0.15) is 0 Å². The molecular weight excluding hydrogens is 222 g/mol. The quantitative estimate of drug-likeness (QED) is 0.680. The van der Waals surface area contributed by atoms with Crippen LogP contribution in [-0.2, 0) is 14.3 Å². The number of aliphatic hydroxyl groups is 1. The molecule has 1 amide bonds. The van der Waals surface area contributed by atoms with Crippen molar-refractivity contribution in [1.29, 1.82) is 0 Å². The summed E-state index contributed by atoms with van der Waals surface area (Å²) in [5, 5.41) is 12.7. The smallest absolute Gasteiger partial charge is 0.334 e. The minimum atomic E-state index is -1.34. The molecule has 0 aromatic heterocycles. The molecule has 17 heavy (non-hydrogen) atoms. The zero-order valence-corrected chi connectivity index (χ0v) is 11.2. The zero-order chi connectivity index (χ0) is 13.6. The first kappa shape index (κ1) is 15.9. The van der Waals surface area contributed by atoms with Crippen molar-refractivity contribution in [3.05, 3.63) is 0 Å². The van der Waals surface area contributed by atoms with E-state index in [-0.39, 0.29) is 18.2 Å². The molecule has 0 aromatic carbocycles. The Morgan fingerprint density at radius 1 is 1.41 bits per heavy atom. The number of methoxy groups -OCH3 is 1. The first-order chi connectivity index (χ1) is 7.80. The van der Waals surface area contributed by atoms with Crippen molar-refractivity contribution < 1.29 is 19.4 Å². The van der Waals surface area contributed by atoms with Crippen LogP contribution in [0.5, 0.6) is 0 Å². The molecule has 0 radical (unpaired) electrons. The van der Waals surface area contributed by atoms with E-state index in [0.29, 0.717) is 6.42 Å². The number of amides is 1. The van der Waals surface area contributed by atoms with Gasteiger partial charge in [0, 0.05) is 6.92 Å². The molecular formula is C12H23NO4. The normalized spacial score (nSPS) is 16.2. The molecule has 2 atom stereocenters. The molecule has 2 N–H and O–H groups in total. The summed E-state index contributed by atoms with van der Waals surface area (Å²) in [6.07, 6.45) is -0.250. The second-order valence-electron chi connectivity index (χ2n) is 4.64. The molecule has 0 rings (SSSR count). The number of ether oxygens (including phenoxy) is 1. The number of hydrogen-bond acceptors (Lipinski definition) is 4. The van der Waals surface area contributed by atoms with Gasteiger partial charge in [0.05, 0.1) is 13.2 Å². The third kappa shape index (κ3) is 4.00. The Hall–Kier alpha value is -1.10. The molecule has 0 spiro atoms. The third-order valence-electron chi connectivity index (χ3n) is 2.77. The highest BCUT2D eigenvalue weighted by Gasteiger charge is 2.45. The average Bonchev–Trinajstić information content (AvgIpc) is 2.23. The van der Waals surface area contributed by atoms with Crippen LogP contribution in [0.25, 0.3) is 0 Å². The van der Waals surface area contributed by atoms with Crippen molar-refractivity contribution in [2.75, 3.05) is 7.11 Å². The number of esters is 1. The summed E-state index contributed by atoms with van der Waals surface area (Å²) in [5.41, 5.74) is -1.34. The molecule has 0 saturated heterocycles. The molecule has 0 aliphatic rings. The van der Waals surface area contributed by atoms with E-state index in [1.54, 1.807) is 6.92 Å². The van der Waals surface area contributed by atoms with Gasteiger partial charge in [-0.05, 0) is 18.8 Å². The highest BCUT2D eigenvalue weighted by atomic mass is 16.5. The fourth-order valence-electron chi connectivity index (χ4n) is 1.88. The van der Waals surface area contributed by atoms with Crippen LogP contribution in [0, 0.1) is 5.92 Å². The van der Waals surface area contributed by atoms with E-state index >= 15 is 0 Å². The molecule has 0 unspecified atom stereocenters. The number of aliphatic hydroxyl groups excluding tert-OH is 1. The van der Waals surface area contributed by atoms with Gasteiger partial charge in [-0.1, -0.05) is 20.8 Å².